The highest BCUT2D eigenvalue weighted by molar-refractivity contribution is 14.1. The number of ether oxygens (including phenoxy) is 1. The van der Waals surface area contributed by atoms with Crippen molar-refractivity contribution in [2.45, 2.75) is 32.6 Å². The molecule has 1 N–H and O–H groups in total. The fraction of sp³-hybridized carbons (Fsp3) is 0.368. The standard InChI is InChI=1S/C19H22IN3O2/c1-13-11-23(12-14(2)25-13)18-8-7-15(9-21-18)10-22-19(24)16-5-3-4-6-17(16)20/h3-9,13-14H,10-12H2,1-2H3,(H,22,24). The van der Waals surface area contributed by atoms with Crippen molar-refractivity contribution < 1.29 is 9.53 Å². The number of halogens is 1. The third-order valence-electron chi connectivity index (χ3n) is 4.12. The van der Waals surface area contributed by atoms with Crippen LogP contribution in [-0.4, -0.2) is 36.2 Å². The molecule has 3 rings (SSSR count). The molecule has 1 aliphatic rings. The zero-order chi connectivity index (χ0) is 17.8. The maximum absolute atomic E-state index is 12.3. The first-order valence-electron chi connectivity index (χ1n) is 8.41. The summed E-state index contributed by atoms with van der Waals surface area (Å²) < 4.78 is 6.71. The predicted molar refractivity (Wildman–Crippen MR) is 107 cm³/mol. The van der Waals surface area contributed by atoms with Crippen LogP contribution in [0.4, 0.5) is 5.82 Å². The van der Waals surface area contributed by atoms with Crippen LogP contribution in [0.25, 0.3) is 0 Å². The topological polar surface area (TPSA) is 54.5 Å². The lowest BCUT2D eigenvalue weighted by atomic mass is 10.2. The summed E-state index contributed by atoms with van der Waals surface area (Å²) in [6, 6.07) is 11.6. The molecule has 1 saturated heterocycles. The van der Waals surface area contributed by atoms with Crippen molar-refractivity contribution in [1.29, 1.82) is 0 Å². The summed E-state index contributed by atoms with van der Waals surface area (Å²) in [5.41, 5.74) is 1.68. The number of pyridine rings is 1. The third-order valence-corrected chi connectivity index (χ3v) is 5.06. The lowest BCUT2D eigenvalue weighted by molar-refractivity contribution is -0.00546. The van der Waals surface area contributed by atoms with Crippen molar-refractivity contribution in [2.24, 2.45) is 0 Å². The van der Waals surface area contributed by atoms with Crippen LogP contribution in [0.3, 0.4) is 0 Å². The van der Waals surface area contributed by atoms with E-state index in [9.17, 15) is 4.79 Å². The normalized spacial score (nSPS) is 20.4. The molecule has 1 aliphatic heterocycles. The molecule has 5 nitrogen and oxygen atoms in total. The number of aromatic nitrogens is 1. The van der Waals surface area contributed by atoms with Crippen LogP contribution in [0, 0.1) is 3.57 Å². The van der Waals surface area contributed by atoms with E-state index in [-0.39, 0.29) is 18.1 Å². The molecular weight excluding hydrogens is 429 g/mol. The zero-order valence-electron chi connectivity index (χ0n) is 14.4. The summed E-state index contributed by atoms with van der Waals surface area (Å²) in [6.45, 7) is 6.32. The molecule has 6 heteroatoms. The molecule has 1 fully saturated rings. The molecule has 0 radical (unpaired) electrons. The summed E-state index contributed by atoms with van der Waals surface area (Å²) in [4.78, 5) is 19.1. The van der Waals surface area contributed by atoms with E-state index in [1.54, 1.807) is 0 Å². The Kier molecular flexibility index (Phi) is 5.90. The minimum atomic E-state index is -0.0649. The van der Waals surface area contributed by atoms with Gasteiger partial charge in [-0.25, -0.2) is 4.98 Å². The van der Waals surface area contributed by atoms with E-state index in [2.05, 4.69) is 51.6 Å². The Labute approximate surface area is 161 Å². The molecule has 2 unspecified atom stereocenters. The largest absolute Gasteiger partial charge is 0.372 e. The molecular formula is C19H22IN3O2. The van der Waals surface area contributed by atoms with Gasteiger partial charge in [0.1, 0.15) is 5.82 Å². The van der Waals surface area contributed by atoms with Gasteiger partial charge in [0.25, 0.3) is 5.91 Å². The summed E-state index contributed by atoms with van der Waals surface area (Å²) in [5.74, 6) is 0.889. The van der Waals surface area contributed by atoms with E-state index in [0.29, 0.717) is 12.1 Å². The molecule has 0 saturated carbocycles. The van der Waals surface area contributed by atoms with Gasteiger partial charge in [-0.2, -0.15) is 0 Å². The Balaban J connectivity index is 1.59. The van der Waals surface area contributed by atoms with Crippen molar-refractivity contribution in [3.63, 3.8) is 0 Å². The SMILES string of the molecule is CC1CN(c2ccc(CNC(=O)c3ccccc3I)cn2)CC(C)O1. The summed E-state index contributed by atoms with van der Waals surface area (Å²) in [6.07, 6.45) is 2.24. The number of hydrogen-bond acceptors (Lipinski definition) is 4. The van der Waals surface area contributed by atoms with Gasteiger partial charge in [0.2, 0.25) is 0 Å². The van der Waals surface area contributed by atoms with Crippen molar-refractivity contribution in [2.75, 3.05) is 18.0 Å². The number of hydrogen-bond donors (Lipinski definition) is 1. The second-order valence-electron chi connectivity index (χ2n) is 6.35. The van der Waals surface area contributed by atoms with Gasteiger partial charge >= 0.3 is 0 Å². The van der Waals surface area contributed by atoms with E-state index in [0.717, 1.165) is 28.0 Å². The highest BCUT2D eigenvalue weighted by atomic mass is 127. The molecule has 0 spiro atoms. The van der Waals surface area contributed by atoms with Crippen LogP contribution >= 0.6 is 22.6 Å². The Bertz CT molecular complexity index is 726. The maximum Gasteiger partial charge on any atom is 0.252 e. The molecule has 0 aliphatic carbocycles. The average molecular weight is 451 g/mol. The summed E-state index contributed by atoms with van der Waals surface area (Å²) in [5, 5.41) is 2.95. The molecule has 2 heterocycles. The fourth-order valence-electron chi connectivity index (χ4n) is 3.00. The monoisotopic (exact) mass is 451 g/mol. The number of rotatable bonds is 4. The molecule has 2 aromatic rings. The van der Waals surface area contributed by atoms with E-state index >= 15 is 0 Å². The Morgan fingerprint density at radius 2 is 1.96 bits per heavy atom. The maximum atomic E-state index is 12.3. The van der Waals surface area contributed by atoms with Crippen molar-refractivity contribution in [3.05, 3.63) is 57.3 Å². The van der Waals surface area contributed by atoms with Crippen molar-refractivity contribution in [3.8, 4) is 0 Å². The molecule has 1 amide bonds. The van der Waals surface area contributed by atoms with E-state index < -0.39 is 0 Å². The second-order valence-corrected chi connectivity index (χ2v) is 7.51. The number of morpholine rings is 1. The minimum Gasteiger partial charge on any atom is -0.372 e. The summed E-state index contributed by atoms with van der Waals surface area (Å²) >= 11 is 2.17. The number of nitrogens with zero attached hydrogens (tertiary/aromatic N) is 2. The smallest absolute Gasteiger partial charge is 0.252 e. The molecule has 1 aromatic heterocycles. The number of carbonyl (C=O) groups is 1. The first-order chi connectivity index (χ1) is 12.0. The molecule has 0 bridgehead atoms. The van der Waals surface area contributed by atoms with Gasteiger partial charge in [-0.3, -0.25) is 4.79 Å². The third kappa shape index (κ3) is 4.70. The van der Waals surface area contributed by atoms with E-state index in [1.807, 2.05) is 42.6 Å². The van der Waals surface area contributed by atoms with Gasteiger partial charge < -0.3 is 15.0 Å². The second kappa shape index (κ2) is 8.14. The molecule has 2 atom stereocenters. The number of carbonyl (C=O) groups excluding carboxylic acids is 1. The van der Waals surface area contributed by atoms with Gasteiger partial charge in [0.05, 0.1) is 17.8 Å². The van der Waals surface area contributed by atoms with Crippen LogP contribution in [0.5, 0.6) is 0 Å². The van der Waals surface area contributed by atoms with Gasteiger partial charge in [-0.05, 0) is 60.2 Å². The number of anilines is 1. The number of benzene rings is 1. The molecule has 1 aromatic carbocycles. The van der Waals surface area contributed by atoms with Gasteiger partial charge in [-0.1, -0.05) is 18.2 Å². The minimum absolute atomic E-state index is 0.0649. The van der Waals surface area contributed by atoms with Crippen LogP contribution in [-0.2, 0) is 11.3 Å². The average Bonchev–Trinajstić information content (AvgIpc) is 2.60. The van der Waals surface area contributed by atoms with E-state index in [1.165, 1.54) is 0 Å². The predicted octanol–water partition coefficient (Wildman–Crippen LogP) is 3.23. The first-order valence-corrected chi connectivity index (χ1v) is 9.49. The van der Waals surface area contributed by atoms with Gasteiger partial charge in [0, 0.05) is 29.4 Å². The van der Waals surface area contributed by atoms with Crippen LogP contribution in [0.15, 0.2) is 42.6 Å². The lowest BCUT2D eigenvalue weighted by Gasteiger charge is -2.36. The van der Waals surface area contributed by atoms with Gasteiger partial charge in [-0.15, -0.1) is 0 Å². The number of nitrogens with one attached hydrogen (secondary N) is 1. The highest BCUT2D eigenvalue weighted by Gasteiger charge is 2.22. The summed E-state index contributed by atoms with van der Waals surface area (Å²) in [7, 11) is 0. The van der Waals surface area contributed by atoms with Crippen molar-refractivity contribution in [1.82, 2.24) is 10.3 Å². The Morgan fingerprint density at radius 1 is 1.24 bits per heavy atom. The quantitative estimate of drug-likeness (QED) is 0.726. The fourth-order valence-corrected chi connectivity index (χ4v) is 3.63. The lowest BCUT2D eigenvalue weighted by Crippen LogP contribution is -2.45. The Morgan fingerprint density at radius 3 is 2.60 bits per heavy atom. The van der Waals surface area contributed by atoms with Crippen LogP contribution in [0.1, 0.15) is 29.8 Å². The number of amides is 1. The van der Waals surface area contributed by atoms with E-state index in [4.69, 9.17) is 4.74 Å². The zero-order valence-corrected chi connectivity index (χ0v) is 16.6. The highest BCUT2D eigenvalue weighted by Crippen LogP contribution is 2.18. The van der Waals surface area contributed by atoms with Crippen LogP contribution in [0.2, 0.25) is 0 Å². The molecule has 25 heavy (non-hydrogen) atoms. The Hall–Kier alpha value is -1.67. The first kappa shape index (κ1) is 18.1. The molecule has 132 valence electrons. The van der Waals surface area contributed by atoms with Crippen molar-refractivity contribution >= 4 is 34.3 Å². The van der Waals surface area contributed by atoms with Crippen LogP contribution < -0.4 is 10.2 Å². The van der Waals surface area contributed by atoms with Gasteiger partial charge in [0.15, 0.2) is 0 Å².